The molecule has 7 heteroatoms. The normalized spacial score (nSPS) is 12.3. The van der Waals surface area contributed by atoms with Crippen molar-refractivity contribution in [3.05, 3.63) is 99.2 Å². The molecule has 0 aliphatic heterocycles. The van der Waals surface area contributed by atoms with E-state index in [2.05, 4.69) is 15.3 Å². The number of nitrogens with zero attached hydrogens (tertiary/aromatic N) is 2. The zero-order valence-electron chi connectivity index (χ0n) is 17.3. The second-order valence-corrected chi connectivity index (χ2v) is 8.22. The fourth-order valence-corrected chi connectivity index (χ4v) is 3.69. The van der Waals surface area contributed by atoms with Crippen molar-refractivity contribution in [1.29, 1.82) is 0 Å². The zero-order chi connectivity index (χ0) is 22.0. The Kier molecular flexibility index (Phi) is 5.91. The summed E-state index contributed by atoms with van der Waals surface area (Å²) in [4.78, 5) is 33.3. The molecule has 1 unspecified atom stereocenters. The summed E-state index contributed by atoms with van der Waals surface area (Å²) in [5.74, 6) is 0.541. The summed E-state index contributed by atoms with van der Waals surface area (Å²) in [6.45, 7) is 4.34. The van der Waals surface area contributed by atoms with Crippen LogP contribution in [-0.2, 0) is 6.54 Å². The first kappa shape index (κ1) is 20.9. The van der Waals surface area contributed by atoms with E-state index in [0.717, 1.165) is 16.6 Å². The van der Waals surface area contributed by atoms with Crippen LogP contribution < -0.4 is 10.9 Å². The van der Waals surface area contributed by atoms with Gasteiger partial charge in [-0.05, 0) is 35.7 Å². The van der Waals surface area contributed by atoms with Gasteiger partial charge in [-0.25, -0.2) is 4.98 Å². The van der Waals surface area contributed by atoms with Crippen LogP contribution in [0.4, 0.5) is 0 Å². The summed E-state index contributed by atoms with van der Waals surface area (Å²) < 4.78 is 1.49. The number of halogens is 1. The largest absolute Gasteiger partial charge is 0.342 e. The molecule has 0 bridgehead atoms. The maximum Gasteiger partial charge on any atom is 0.253 e. The Morgan fingerprint density at radius 2 is 1.84 bits per heavy atom. The van der Waals surface area contributed by atoms with Gasteiger partial charge < -0.3 is 14.9 Å². The molecule has 158 valence electrons. The van der Waals surface area contributed by atoms with Gasteiger partial charge in [0.25, 0.3) is 11.5 Å². The van der Waals surface area contributed by atoms with Gasteiger partial charge in [-0.2, -0.15) is 0 Å². The number of hydrogen-bond acceptors (Lipinski definition) is 3. The van der Waals surface area contributed by atoms with Gasteiger partial charge in [0.15, 0.2) is 0 Å². The van der Waals surface area contributed by atoms with Crippen LogP contribution >= 0.6 is 11.6 Å². The molecular weight excluding hydrogens is 412 g/mol. The molecule has 0 fully saturated rings. The Hall–Kier alpha value is -3.38. The molecule has 2 heterocycles. The van der Waals surface area contributed by atoms with E-state index >= 15 is 0 Å². The van der Waals surface area contributed by atoms with E-state index in [4.69, 9.17) is 11.6 Å². The van der Waals surface area contributed by atoms with E-state index in [9.17, 15) is 9.59 Å². The monoisotopic (exact) mass is 434 g/mol. The van der Waals surface area contributed by atoms with Crippen molar-refractivity contribution in [2.75, 3.05) is 0 Å². The number of benzene rings is 2. The average Bonchev–Trinajstić information content (AvgIpc) is 3.18. The second kappa shape index (κ2) is 8.78. The lowest BCUT2D eigenvalue weighted by Crippen LogP contribution is -2.33. The Balaban J connectivity index is 1.59. The molecule has 6 nitrogen and oxygen atoms in total. The maximum absolute atomic E-state index is 13.0. The SMILES string of the molecule is CC(C)C(NC(=O)c1ccc(=O)n(Cc2ccccc2Cl)c1)c1nc2ccccc2[nH]1. The maximum atomic E-state index is 13.0. The number of rotatable bonds is 6. The first-order valence-corrected chi connectivity index (χ1v) is 10.5. The summed E-state index contributed by atoms with van der Waals surface area (Å²) >= 11 is 6.23. The van der Waals surface area contributed by atoms with Crippen LogP contribution in [0.5, 0.6) is 0 Å². The summed E-state index contributed by atoms with van der Waals surface area (Å²) in [6.07, 6.45) is 1.57. The van der Waals surface area contributed by atoms with Crippen molar-refractivity contribution in [2.24, 2.45) is 5.92 Å². The summed E-state index contributed by atoms with van der Waals surface area (Å²) in [6, 6.07) is 17.7. The van der Waals surface area contributed by atoms with Crippen LogP contribution in [0.1, 0.15) is 41.6 Å². The third kappa shape index (κ3) is 4.54. The molecule has 1 atom stereocenters. The highest BCUT2D eigenvalue weighted by Gasteiger charge is 2.23. The van der Waals surface area contributed by atoms with Crippen LogP contribution in [0, 0.1) is 5.92 Å². The minimum Gasteiger partial charge on any atom is -0.342 e. The van der Waals surface area contributed by atoms with Crippen molar-refractivity contribution in [3.8, 4) is 0 Å². The highest BCUT2D eigenvalue weighted by Crippen LogP contribution is 2.23. The number of aromatic nitrogens is 3. The molecule has 2 aromatic heterocycles. The number of pyridine rings is 1. The van der Waals surface area contributed by atoms with Crippen molar-refractivity contribution >= 4 is 28.5 Å². The predicted octanol–water partition coefficient (Wildman–Crippen LogP) is 4.55. The second-order valence-electron chi connectivity index (χ2n) is 7.81. The van der Waals surface area contributed by atoms with Gasteiger partial charge in [0.2, 0.25) is 0 Å². The summed E-state index contributed by atoms with van der Waals surface area (Å²) in [5.41, 5.74) is 2.78. The van der Waals surface area contributed by atoms with Crippen molar-refractivity contribution in [2.45, 2.75) is 26.4 Å². The van der Waals surface area contributed by atoms with Gasteiger partial charge in [-0.1, -0.05) is 55.8 Å². The number of amides is 1. The predicted molar refractivity (Wildman–Crippen MR) is 122 cm³/mol. The molecule has 4 aromatic rings. The van der Waals surface area contributed by atoms with E-state index < -0.39 is 0 Å². The lowest BCUT2D eigenvalue weighted by atomic mass is 10.0. The Bertz CT molecular complexity index is 1260. The first-order chi connectivity index (χ1) is 14.9. The van der Waals surface area contributed by atoms with E-state index in [1.807, 2.05) is 56.3 Å². The third-order valence-electron chi connectivity index (χ3n) is 5.20. The fourth-order valence-electron chi connectivity index (χ4n) is 3.49. The van der Waals surface area contributed by atoms with Crippen molar-refractivity contribution < 1.29 is 4.79 Å². The van der Waals surface area contributed by atoms with Gasteiger partial charge in [0.1, 0.15) is 5.82 Å². The standard InChI is InChI=1S/C24H23ClN4O2/c1-15(2)22(23-26-19-9-5-6-10-20(19)27-23)28-24(31)17-11-12-21(30)29(14-17)13-16-7-3-4-8-18(16)25/h3-12,14-15,22H,13H2,1-2H3,(H,26,27)(H,28,31). The van der Waals surface area contributed by atoms with E-state index in [1.165, 1.54) is 16.7 Å². The van der Waals surface area contributed by atoms with Gasteiger partial charge in [0, 0.05) is 17.3 Å². The van der Waals surface area contributed by atoms with Gasteiger partial charge in [0.05, 0.1) is 29.2 Å². The molecule has 2 aromatic carbocycles. The Morgan fingerprint density at radius 3 is 2.58 bits per heavy atom. The number of H-pyrrole nitrogens is 1. The number of carbonyl (C=O) groups excluding carboxylic acids is 1. The molecule has 0 aliphatic rings. The first-order valence-electron chi connectivity index (χ1n) is 10.1. The number of aromatic amines is 1. The smallest absolute Gasteiger partial charge is 0.253 e. The minimum atomic E-state index is -0.302. The number of imidazole rings is 1. The van der Waals surface area contributed by atoms with Crippen LogP contribution in [0.2, 0.25) is 5.02 Å². The number of para-hydroxylation sites is 2. The van der Waals surface area contributed by atoms with E-state index in [-0.39, 0.29) is 30.0 Å². The molecule has 0 radical (unpaired) electrons. The lowest BCUT2D eigenvalue weighted by molar-refractivity contribution is 0.0922. The lowest BCUT2D eigenvalue weighted by Gasteiger charge is -2.20. The van der Waals surface area contributed by atoms with Crippen LogP contribution in [0.15, 0.2) is 71.7 Å². The highest BCUT2D eigenvalue weighted by atomic mass is 35.5. The van der Waals surface area contributed by atoms with E-state index in [0.29, 0.717) is 16.4 Å². The molecule has 0 spiro atoms. The highest BCUT2D eigenvalue weighted by molar-refractivity contribution is 6.31. The summed E-state index contributed by atoms with van der Waals surface area (Å²) in [7, 11) is 0. The molecule has 1 amide bonds. The number of fused-ring (bicyclic) bond motifs is 1. The molecule has 0 aliphatic carbocycles. The van der Waals surface area contributed by atoms with Gasteiger partial charge in [-0.3, -0.25) is 9.59 Å². The molecule has 31 heavy (non-hydrogen) atoms. The van der Waals surface area contributed by atoms with E-state index in [1.54, 1.807) is 12.3 Å². The fraction of sp³-hybridized carbons (Fsp3) is 0.208. The number of carbonyl (C=O) groups is 1. The van der Waals surface area contributed by atoms with Crippen molar-refractivity contribution in [1.82, 2.24) is 19.9 Å². The van der Waals surface area contributed by atoms with Crippen LogP contribution in [-0.4, -0.2) is 20.4 Å². The Morgan fingerprint density at radius 1 is 1.10 bits per heavy atom. The molecule has 0 saturated carbocycles. The average molecular weight is 435 g/mol. The van der Waals surface area contributed by atoms with Gasteiger partial charge >= 0.3 is 0 Å². The number of hydrogen-bond donors (Lipinski definition) is 2. The quantitative estimate of drug-likeness (QED) is 0.467. The van der Waals surface area contributed by atoms with Crippen LogP contribution in [0.25, 0.3) is 11.0 Å². The van der Waals surface area contributed by atoms with Crippen molar-refractivity contribution in [3.63, 3.8) is 0 Å². The molecule has 2 N–H and O–H groups in total. The third-order valence-corrected chi connectivity index (χ3v) is 5.57. The molecule has 0 saturated heterocycles. The molecular formula is C24H23ClN4O2. The molecule has 4 rings (SSSR count). The zero-order valence-corrected chi connectivity index (χ0v) is 18.1. The Labute approximate surface area is 184 Å². The minimum absolute atomic E-state index is 0.110. The van der Waals surface area contributed by atoms with Gasteiger partial charge in [-0.15, -0.1) is 0 Å². The summed E-state index contributed by atoms with van der Waals surface area (Å²) in [5, 5.41) is 3.64. The topological polar surface area (TPSA) is 79.8 Å². The van der Waals surface area contributed by atoms with Crippen LogP contribution in [0.3, 0.4) is 0 Å². The number of nitrogens with one attached hydrogen (secondary N) is 2.